The van der Waals surface area contributed by atoms with E-state index in [0.29, 0.717) is 6.54 Å². The van der Waals surface area contributed by atoms with E-state index in [-0.39, 0.29) is 18.4 Å². The molecule has 0 aromatic heterocycles. The van der Waals surface area contributed by atoms with Gasteiger partial charge in [0.25, 0.3) is 0 Å². The van der Waals surface area contributed by atoms with E-state index in [0.717, 1.165) is 22.9 Å². The fourth-order valence-electron chi connectivity index (χ4n) is 1.91. The Labute approximate surface area is 117 Å². The molecule has 0 aliphatic rings. The molecule has 18 heavy (non-hydrogen) atoms. The highest BCUT2D eigenvalue weighted by molar-refractivity contribution is 9.10. The van der Waals surface area contributed by atoms with Crippen LogP contribution in [0.4, 0.5) is 0 Å². The number of amides is 1. The van der Waals surface area contributed by atoms with Crippen molar-refractivity contribution < 1.29 is 9.90 Å². The van der Waals surface area contributed by atoms with Gasteiger partial charge in [0, 0.05) is 24.0 Å². The number of halogens is 1. The zero-order valence-electron chi connectivity index (χ0n) is 10.9. The van der Waals surface area contributed by atoms with Crippen molar-refractivity contribution >= 4 is 21.8 Å². The van der Waals surface area contributed by atoms with Crippen molar-refractivity contribution in [2.24, 2.45) is 5.92 Å². The van der Waals surface area contributed by atoms with Crippen LogP contribution in [0.15, 0.2) is 28.7 Å². The molecular formula is C14H20BrNO2. The second-order valence-corrected chi connectivity index (χ2v) is 5.24. The fraction of sp³-hybridized carbons (Fsp3) is 0.500. The number of aliphatic hydroxyl groups is 1. The van der Waals surface area contributed by atoms with Crippen LogP contribution in [0.2, 0.25) is 0 Å². The lowest BCUT2D eigenvalue weighted by molar-refractivity contribution is -0.134. The van der Waals surface area contributed by atoms with E-state index >= 15 is 0 Å². The number of carbonyl (C=O) groups is 1. The molecule has 0 spiro atoms. The topological polar surface area (TPSA) is 40.5 Å². The minimum absolute atomic E-state index is 0.00764. The van der Waals surface area contributed by atoms with Crippen molar-refractivity contribution in [2.45, 2.75) is 19.8 Å². The Balaban J connectivity index is 2.73. The summed E-state index contributed by atoms with van der Waals surface area (Å²) in [5, 5.41) is 8.87. The molecule has 0 saturated carbocycles. The summed E-state index contributed by atoms with van der Waals surface area (Å²) in [7, 11) is 1.74. The van der Waals surface area contributed by atoms with Crippen LogP contribution in [0.3, 0.4) is 0 Å². The van der Waals surface area contributed by atoms with Crippen LogP contribution in [0.5, 0.6) is 0 Å². The third-order valence-corrected chi connectivity index (χ3v) is 3.85. The van der Waals surface area contributed by atoms with Crippen LogP contribution in [-0.4, -0.2) is 36.1 Å². The predicted octanol–water partition coefficient (Wildman–Crippen LogP) is 2.47. The summed E-state index contributed by atoms with van der Waals surface area (Å²) in [4.78, 5) is 13.8. The Bertz CT molecular complexity index is 395. The normalized spacial score (nSPS) is 12.2. The molecule has 0 radical (unpaired) electrons. The Kier molecular flexibility index (Phi) is 6.36. The van der Waals surface area contributed by atoms with Gasteiger partial charge in [-0.3, -0.25) is 4.79 Å². The molecule has 1 aromatic rings. The van der Waals surface area contributed by atoms with Crippen molar-refractivity contribution in [3.05, 3.63) is 34.3 Å². The molecule has 1 N–H and O–H groups in total. The first kappa shape index (κ1) is 15.2. The van der Waals surface area contributed by atoms with Crippen LogP contribution >= 0.6 is 15.9 Å². The first-order chi connectivity index (χ1) is 8.60. The number of nitrogens with zero attached hydrogens (tertiary/aromatic N) is 1. The summed E-state index contributed by atoms with van der Waals surface area (Å²) < 4.78 is 1.04. The van der Waals surface area contributed by atoms with Crippen LogP contribution in [-0.2, 0) is 11.2 Å². The Hall–Kier alpha value is -0.870. The first-order valence-electron chi connectivity index (χ1n) is 6.19. The zero-order chi connectivity index (χ0) is 13.5. The summed E-state index contributed by atoms with van der Waals surface area (Å²) in [6.45, 7) is 2.42. The number of hydrogen-bond donors (Lipinski definition) is 1. The average molecular weight is 314 g/mol. The number of carbonyl (C=O) groups excluding carboxylic acids is 1. The smallest absolute Gasteiger partial charge is 0.225 e. The molecule has 0 fully saturated rings. The van der Waals surface area contributed by atoms with E-state index in [1.807, 2.05) is 31.2 Å². The van der Waals surface area contributed by atoms with E-state index < -0.39 is 0 Å². The Morgan fingerprint density at radius 1 is 1.44 bits per heavy atom. The second-order valence-electron chi connectivity index (χ2n) is 4.38. The van der Waals surface area contributed by atoms with Crippen molar-refractivity contribution in [3.8, 4) is 0 Å². The maximum Gasteiger partial charge on any atom is 0.225 e. The minimum atomic E-state index is -0.0275. The maximum atomic E-state index is 12.2. The highest BCUT2D eigenvalue weighted by atomic mass is 79.9. The molecule has 1 unspecified atom stereocenters. The van der Waals surface area contributed by atoms with Gasteiger partial charge in [-0.2, -0.15) is 0 Å². The van der Waals surface area contributed by atoms with E-state index in [1.165, 1.54) is 0 Å². The molecular weight excluding hydrogens is 294 g/mol. The summed E-state index contributed by atoms with van der Waals surface area (Å²) in [6, 6.07) is 7.97. The number of aliphatic hydroxyl groups excluding tert-OH is 1. The molecule has 0 bridgehead atoms. The molecule has 100 valence electrons. The molecule has 1 rings (SSSR count). The SMILES string of the molecule is CCC(Cc1ccccc1Br)C(=O)N(C)CCO. The highest BCUT2D eigenvalue weighted by Gasteiger charge is 2.21. The monoisotopic (exact) mass is 313 g/mol. The number of likely N-dealkylation sites (N-methyl/N-ethyl adjacent to an activating group) is 1. The van der Waals surface area contributed by atoms with Gasteiger partial charge in [-0.25, -0.2) is 0 Å². The number of hydrogen-bond acceptors (Lipinski definition) is 2. The van der Waals surface area contributed by atoms with Gasteiger partial charge in [-0.15, -0.1) is 0 Å². The van der Waals surface area contributed by atoms with Crippen LogP contribution < -0.4 is 0 Å². The first-order valence-corrected chi connectivity index (χ1v) is 6.98. The fourth-order valence-corrected chi connectivity index (χ4v) is 2.35. The molecule has 3 nitrogen and oxygen atoms in total. The molecule has 1 atom stereocenters. The summed E-state index contributed by atoms with van der Waals surface area (Å²) in [5.74, 6) is 0.0718. The molecule has 4 heteroatoms. The van der Waals surface area contributed by atoms with Gasteiger partial charge in [-0.1, -0.05) is 41.1 Å². The third kappa shape index (κ3) is 4.10. The second kappa shape index (κ2) is 7.54. The van der Waals surface area contributed by atoms with E-state index in [2.05, 4.69) is 15.9 Å². The highest BCUT2D eigenvalue weighted by Crippen LogP contribution is 2.21. The summed E-state index contributed by atoms with van der Waals surface area (Å²) in [5.41, 5.74) is 1.15. The van der Waals surface area contributed by atoms with Crippen molar-refractivity contribution in [3.63, 3.8) is 0 Å². The minimum Gasteiger partial charge on any atom is -0.395 e. The van der Waals surface area contributed by atoms with Crippen LogP contribution in [0.25, 0.3) is 0 Å². The zero-order valence-corrected chi connectivity index (χ0v) is 12.5. The quantitative estimate of drug-likeness (QED) is 0.876. The van der Waals surface area contributed by atoms with Gasteiger partial charge in [0.05, 0.1) is 6.61 Å². The van der Waals surface area contributed by atoms with E-state index in [9.17, 15) is 4.79 Å². The largest absolute Gasteiger partial charge is 0.395 e. The molecule has 1 aromatic carbocycles. The molecule has 0 aliphatic heterocycles. The van der Waals surface area contributed by atoms with E-state index in [4.69, 9.17) is 5.11 Å². The number of rotatable bonds is 6. The Morgan fingerprint density at radius 2 is 2.11 bits per heavy atom. The van der Waals surface area contributed by atoms with Gasteiger partial charge >= 0.3 is 0 Å². The van der Waals surface area contributed by atoms with Gasteiger partial charge in [0.1, 0.15) is 0 Å². The summed E-state index contributed by atoms with van der Waals surface area (Å²) >= 11 is 3.51. The predicted molar refractivity (Wildman–Crippen MR) is 76.3 cm³/mol. The third-order valence-electron chi connectivity index (χ3n) is 3.08. The maximum absolute atomic E-state index is 12.2. The van der Waals surface area contributed by atoms with Crippen molar-refractivity contribution in [1.82, 2.24) is 4.90 Å². The van der Waals surface area contributed by atoms with Gasteiger partial charge in [-0.05, 0) is 24.5 Å². The Morgan fingerprint density at radius 3 is 2.67 bits per heavy atom. The lowest BCUT2D eigenvalue weighted by atomic mass is 9.95. The summed E-state index contributed by atoms with van der Waals surface area (Å²) in [6.07, 6.45) is 1.53. The van der Waals surface area contributed by atoms with Gasteiger partial charge < -0.3 is 10.0 Å². The van der Waals surface area contributed by atoms with Gasteiger partial charge in [0.2, 0.25) is 5.91 Å². The van der Waals surface area contributed by atoms with Crippen LogP contribution in [0, 0.1) is 5.92 Å². The van der Waals surface area contributed by atoms with Crippen LogP contribution in [0.1, 0.15) is 18.9 Å². The average Bonchev–Trinajstić information content (AvgIpc) is 2.37. The van der Waals surface area contributed by atoms with Crippen molar-refractivity contribution in [2.75, 3.05) is 20.2 Å². The molecule has 0 heterocycles. The lowest BCUT2D eigenvalue weighted by Gasteiger charge is -2.22. The van der Waals surface area contributed by atoms with Gasteiger partial charge in [0.15, 0.2) is 0 Å². The number of benzene rings is 1. The molecule has 0 aliphatic carbocycles. The lowest BCUT2D eigenvalue weighted by Crippen LogP contribution is -2.35. The van der Waals surface area contributed by atoms with Crippen molar-refractivity contribution in [1.29, 1.82) is 0 Å². The molecule has 0 saturated heterocycles. The standard InChI is InChI=1S/C14H20BrNO2/c1-3-11(14(18)16(2)8-9-17)10-12-6-4-5-7-13(12)15/h4-7,11,17H,3,8-10H2,1-2H3. The molecule has 1 amide bonds. The van der Waals surface area contributed by atoms with E-state index in [1.54, 1.807) is 11.9 Å².